The predicted molar refractivity (Wildman–Crippen MR) is 174 cm³/mol. The van der Waals surface area contributed by atoms with E-state index in [-0.39, 0.29) is 18.2 Å². The number of carboxylic acids is 1. The number of benzene rings is 2. The Morgan fingerprint density at radius 2 is 1.41 bits per heavy atom. The van der Waals surface area contributed by atoms with Gasteiger partial charge < -0.3 is 14.6 Å². The van der Waals surface area contributed by atoms with Gasteiger partial charge in [-0.05, 0) is 72.7 Å². The van der Waals surface area contributed by atoms with Crippen molar-refractivity contribution in [2.75, 3.05) is 0 Å². The fraction of sp³-hybridized carbons (Fsp3) is 0.611. The van der Waals surface area contributed by atoms with E-state index in [4.69, 9.17) is 14.6 Å². The Bertz CT molecular complexity index is 1350. The van der Waals surface area contributed by atoms with Gasteiger partial charge in [-0.3, -0.25) is 9.69 Å². The van der Waals surface area contributed by atoms with E-state index in [0.717, 1.165) is 35.8 Å². The van der Waals surface area contributed by atoms with Crippen LogP contribution in [-0.2, 0) is 28.4 Å². The molecule has 1 N–H and O–H groups in total. The average Bonchev–Trinajstić information content (AvgIpc) is 3.30. The number of carbonyl (C=O) groups excluding carboxylic acids is 1. The van der Waals surface area contributed by atoms with Crippen molar-refractivity contribution in [2.24, 2.45) is 11.8 Å². The Labute approximate surface area is 293 Å². The molecule has 0 spiro atoms. The lowest BCUT2D eigenvalue weighted by molar-refractivity contribution is -0.274. The van der Waals surface area contributed by atoms with Crippen molar-refractivity contribution in [3.8, 4) is 5.75 Å². The van der Waals surface area contributed by atoms with Gasteiger partial charge in [-0.15, -0.1) is 13.2 Å². The molecule has 1 amide bonds. The Morgan fingerprint density at radius 3 is 1.84 bits per heavy atom. The van der Waals surface area contributed by atoms with E-state index in [1.807, 2.05) is 0 Å². The number of carboxylic acid groups (broad SMARTS) is 1. The molecule has 1 aliphatic heterocycles. The number of alkyl halides is 9. The molecule has 1 saturated carbocycles. The number of ether oxygens (including phenoxy) is 2. The number of amides is 1. The molecule has 1 aliphatic carbocycles. The summed E-state index contributed by atoms with van der Waals surface area (Å²) in [5, 5.41) is 7.42. The minimum absolute atomic E-state index is 0.0434. The Balaban J connectivity index is 0.000000629. The highest BCUT2D eigenvalue weighted by Gasteiger charge is 2.43. The van der Waals surface area contributed by atoms with Crippen LogP contribution >= 0.6 is 0 Å². The van der Waals surface area contributed by atoms with Crippen molar-refractivity contribution in [1.82, 2.24) is 4.90 Å². The molecule has 2 aromatic carbocycles. The van der Waals surface area contributed by atoms with E-state index >= 15 is 0 Å². The van der Waals surface area contributed by atoms with Gasteiger partial charge in [-0.2, -0.15) is 26.3 Å². The third-order valence-electron chi connectivity index (χ3n) is 8.32. The number of aryl methyl sites for hydroxylation is 1. The number of hydrogen-bond acceptors (Lipinski definition) is 4. The van der Waals surface area contributed by atoms with Crippen LogP contribution in [0.5, 0.6) is 5.75 Å². The number of cyclic esters (lactones) is 1. The first-order valence-electron chi connectivity index (χ1n) is 16.8. The second-order valence-electron chi connectivity index (χ2n) is 12.7. The molecular formula is C36H48F9NO5. The van der Waals surface area contributed by atoms with Crippen LogP contribution in [0.4, 0.5) is 44.3 Å². The molecule has 2 fully saturated rings. The van der Waals surface area contributed by atoms with Gasteiger partial charge in [0.05, 0.1) is 17.2 Å². The maximum absolute atomic E-state index is 13.2. The van der Waals surface area contributed by atoms with E-state index in [0.29, 0.717) is 17.7 Å². The van der Waals surface area contributed by atoms with Crippen molar-refractivity contribution in [3.63, 3.8) is 0 Å². The number of halogens is 9. The van der Waals surface area contributed by atoms with E-state index in [1.54, 1.807) is 6.92 Å². The third-order valence-corrected chi connectivity index (χ3v) is 8.32. The highest BCUT2D eigenvalue weighted by atomic mass is 19.4. The molecule has 15 heteroatoms. The lowest BCUT2D eigenvalue weighted by atomic mass is 9.80. The average molecular weight is 746 g/mol. The van der Waals surface area contributed by atoms with Crippen LogP contribution in [0.25, 0.3) is 0 Å². The van der Waals surface area contributed by atoms with E-state index in [2.05, 4.69) is 32.4 Å². The van der Waals surface area contributed by atoms with Crippen molar-refractivity contribution < 1.29 is 63.7 Å². The summed E-state index contributed by atoms with van der Waals surface area (Å²) in [7, 11) is 0. The Kier molecular flexibility index (Phi) is 17.6. The fourth-order valence-corrected chi connectivity index (χ4v) is 5.54. The van der Waals surface area contributed by atoms with Gasteiger partial charge in [0.15, 0.2) is 0 Å². The summed E-state index contributed by atoms with van der Waals surface area (Å²) in [5.74, 6) is 0.664. The van der Waals surface area contributed by atoms with Crippen molar-refractivity contribution in [1.29, 1.82) is 0 Å². The molecule has 290 valence electrons. The standard InChI is InChI=1S/C21H16F9NO3.C10H20.C3H8.C2H4O2/c1-10-3-4-16(34-21(28,29)30)7-13(10)9-31-11(2)17(33-18(31)32)12-5-14(19(22,23)24)8-15(6-12)20(25,26)27;1-3-9(2)10-7-5-4-6-8-10;1-3-2;1-2(3)4/h3-8,11,17H,9H2,1-2H3;9-10H,3-8H2,1-2H3;3H2,1-2H3;1H3,(H,3,4). The predicted octanol–water partition coefficient (Wildman–Crippen LogP) is 12.1. The number of rotatable bonds is 6. The fourth-order valence-electron chi connectivity index (χ4n) is 5.54. The summed E-state index contributed by atoms with van der Waals surface area (Å²) < 4.78 is 126. The van der Waals surface area contributed by atoms with Crippen LogP contribution in [0.15, 0.2) is 36.4 Å². The molecule has 1 saturated heterocycles. The number of aliphatic carboxylic acids is 1. The monoisotopic (exact) mass is 745 g/mol. The van der Waals surface area contributed by atoms with E-state index < -0.39 is 65.4 Å². The Morgan fingerprint density at radius 1 is 0.922 bits per heavy atom. The first-order chi connectivity index (χ1) is 23.4. The van der Waals surface area contributed by atoms with Gasteiger partial charge in [0.25, 0.3) is 5.97 Å². The van der Waals surface area contributed by atoms with Gasteiger partial charge in [-0.1, -0.05) is 78.7 Å². The summed E-state index contributed by atoms with van der Waals surface area (Å²) in [6, 6.07) is 3.25. The van der Waals surface area contributed by atoms with Gasteiger partial charge in [-0.25, -0.2) is 4.79 Å². The van der Waals surface area contributed by atoms with Gasteiger partial charge in [0.1, 0.15) is 11.9 Å². The van der Waals surface area contributed by atoms with Crippen LogP contribution in [0.3, 0.4) is 0 Å². The van der Waals surface area contributed by atoms with Crippen molar-refractivity contribution in [3.05, 3.63) is 64.2 Å². The van der Waals surface area contributed by atoms with Crippen LogP contribution < -0.4 is 4.74 Å². The first-order valence-corrected chi connectivity index (χ1v) is 16.8. The smallest absolute Gasteiger partial charge is 0.481 e. The zero-order valence-corrected chi connectivity index (χ0v) is 29.9. The lowest BCUT2D eigenvalue weighted by Gasteiger charge is -2.26. The molecule has 0 radical (unpaired) electrons. The van der Waals surface area contributed by atoms with Gasteiger partial charge in [0.2, 0.25) is 0 Å². The summed E-state index contributed by atoms with van der Waals surface area (Å²) in [6.45, 7) is 12.6. The van der Waals surface area contributed by atoms with Crippen LogP contribution in [0, 0.1) is 18.8 Å². The van der Waals surface area contributed by atoms with Crippen LogP contribution in [0.2, 0.25) is 0 Å². The number of carbonyl (C=O) groups is 2. The van der Waals surface area contributed by atoms with Crippen molar-refractivity contribution >= 4 is 12.1 Å². The second-order valence-corrected chi connectivity index (χ2v) is 12.7. The molecule has 4 rings (SSSR count). The minimum Gasteiger partial charge on any atom is -0.481 e. The molecule has 2 aliphatic rings. The molecule has 3 unspecified atom stereocenters. The SMILES string of the molecule is CC(=O)O.CCC.CCC(C)C1CCCCC1.Cc1ccc(OC(F)(F)F)cc1CN1C(=O)OC(c2cc(C(F)(F)F)cc(C(F)(F)F)c2)C1C. The van der Waals surface area contributed by atoms with E-state index in [9.17, 15) is 44.3 Å². The molecule has 1 heterocycles. The molecule has 0 bridgehead atoms. The van der Waals surface area contributed by atoms with Crippen molar-refractivity contribution in [2.45, 2.75) is 131 Å². The summed E-state index contributed by atoms with van der Waals surface area (Å²) in [4.78, 5) is 22.4. The molecule has 6 nitrogen and oxygen atoms in total. The van der Waals surface area contributed by atoms with Crippen LogP contribution in [0.1, 0.15) is 120 Å². The molecular weight excluding hydrogens is 697 g/mol. The second kappa shape index (κ2) is 19.8. The lowest BCUT2D eigenvalue weighted by Crippen LogP contribution is -2.31. The molecule has 2 aromatic rings. The summed E-state index contributed by atoms with van der Waals surface area (Å²) in [5.41, 5.74) is -2.96. The Hall–Kier alpha value is -3.65. The third kappa shape index (κ3) is 15.6. The maximum Gasteiger partial charge on any atom is 0.573 e. The first kappa shape index (κ1) is 45.4. The highest BCUT2D eigenvalue weighted by molar-refractivity contribution is 5.71. The zero-order valence-electron chi connectivity index (χ0n) is 29.9. The van der Waals surface area contributed by atoms with E-state index in [1.165, 1.54) is 57.9 Å². The number of nitrogens with zero attached hydrogens (tertiary/aromatic N) is 1. The summed E-state index contributed by atoms with van der Waals surface area (Å²) in [6.07, 6.45) is -7.53. The maximum atomic E-state index is 13.2. The van der Waals surface area contributed by atoms with Gasteiger partial charge in [0, 0.05) is 13.5 Å². The molecule has 3 atom stereocenters. The number of hydrogen-bond donors (Lipinski definition) is 1. The minimum atomic E-state index is -5.09. The quantitative estimate of drug-likeness (QED) is 0.298. The van der Waals surface area contributed by atoms with Gasteiger partial charge >= 0.3 is 24.8 Å². The highest BCUT2D eigenvalue weighted by Crippen LogP contribution is 2.41. The largest absolute Gasteiger partial charge is 0.573 e. The topological polar surface area (TPSA) is 76.1 Å². The zero-order chi connectivity index (χ0) is 39.3. The molecule has 51 heavy (non-hydrogen) atoms. The van der Waals surface area contributed by atoms with Crippen LogP contribution in [-0.4, -0.2) is 34.5 Å². The molecule has 0 aromatic heterocycles. The summed E-state index contributed by atoms with van der Waals surface area (Å²) >= 11 is 0. The normalized spacial score (nSPS) is 18.6.